The summed E-state index contributed by atoms with van der Waals surface area (Å²) in [4.78, 5) is 8.92. The summed E-state index contributed by atoms with van der Waals surface area (Å²) < 4.78 is 0. The van der Waals surface area contributed by atoms with Gasteiger partial charge in [-0.25, -0.2) is 0 Å². The Hall–Kier alpha value is -1.70. The predicted octanol–water partition coefficient (Wildman–Crippen LogP) is 3.66. The van der Waals surface area contributed by atoms with Crippen molar-refractivity contribution >= 4 is 0 Å². The summed E-state index contributed by atoms with van der Waals surface area (Å²) in [5.41, 5.74) is 4.81. The molecule has 0 amide bonds. The number of pyridine rings is 2. The van der Waals surface area contributed by atoms with Crippen molar-refractivity contribution in [3.63, 3.8) is 0 Å². The standard InChI is InChI=1S/C13H12N2.C2H6/c1-4-10-6-2-8-14-12(10)13-11(5-1)7-3-9-15-13;1-2/h2-3,6-9H,1,4-5H2;1-2H3. The average Bonchev–Trinajstić information content (AvgIpc) is 2.60. The molecule has 0 radical (unpaired) electrons. The minimum atomic E-state index is 1.07. The second kappa shape index (κ2) is 5.58. The number of rotatable bonds is 0. The number of hydrogen-bond donors (Lipinski definition) is 0. The lowest BCUT2D eigenvalue weighted by Gasteiger charge is -2.05. The zero-order valence-electron chi connectivity index (χ0n) is 10.5. The van der Waals surface area contributed by atoms with E-state index >= 15 is 0 Å². The van der Waals surface area contributed by atoms with Gasteiger partial charge in [-0.05, 0) is 42.5 Å². The third kappa shape index (κ3) is 2.36. The molecule has 2 heterocycles. The van der Waals surface area contributed by atoms with Crippen molar-refractivity contribution in [2.45, 2.75) is 33.1 Å². The molecular formula is C15H18N2. The highest BCUT2D eigenvalue weighted by Gasteiger charge is 2.15. The molecule has 0 aliphatic heterocycles. The fourth-order valence-corrected chi connectivity index (χ4v) is 2.18. The molecule has 0 aromatic carbocycles. The maximum Gasteiger partial charge on any atom is 0.0920 e. The van der Waals surface area contributed by atoms with Gasteiger partial charge in [-0.2, -0.15) is 0 Å². The highest BCUT2D eigenvalue weighted by atomic mass is 14.8. The van der Waals surface area contributed by atoms with Gasteiger partial charge in [0, 0.05) is 12.4 Å². The fraction of sp³-hybridized carbons (Fsp3) is 0.333. The van der Waals surface area contributed by atoms with Gasteiger partial charge in [-0.3, -0.25) is 9.97 Å². The van der Waals surface area contributed by atoms with Crippen LogP contribution in [-0.2, 0) is 12.8 Å². The summed E-state index contributed by atoms with van der Waals surface area (Å²) in [6, 6.07) is 8.33. The molecule has 88 valence electrons. The van der Waals surface area contributed by atoms with Gasteiger partial charge in [0.15, 0.2) is 0 Å². The van der Waals surface area contributed by atoms with Crippen LogP contribution in [0.25, 0.3) is 11.4 Å². The quantitative estimate of drug-likeness (QED) is 0.685. The Kier molecular flexibility index (Phi) is 3.86. The predicted molar refractivity (Wildman–Crippen MR) is 70.8 cm³/mol. The molecule has 0 bridgehead atoms. The van der Waals surface area contributed by atoms with Crippen molar-refractivity contribution in [2.24, 2.45) is 0 Å². The van der Waals surface area contributed by atoms with E-state index in [-0.39, 0.29) is 0 Å². The molecule has 3 rings (SSSR count). The van der Waals surface area contributed by atoms with Crippen LogP contribution in [0.5, 0.6) is 0 Å². The SMILES string of the molecule is CC.c1cnc2c(c1)CCCc1cccnc1-2. The van der Waals surface area contributed by atoms with E-state index in [1.54, 1.807) is 0 Å². The van der Waals surface area contributed by atoms with Crippen molar-refractivity contribution in [1.29, 1.82) is 0 Å². The van der Waals surface area contributed by atoms with Crippen LogP contribution < -0.4 is 0 Å². The first-order valence-corrected chi connectivity index (χ1v) is 6.33. The molecule has 1 aliphatic carbocycles. The maximum absolute atomic E-state index is 4.46. The summed E-state index contributed by atoms with van der Waals surface area (Å²) in [5, 5.41) is 0. The number of aryl methyl sites for hydroxylation is 2. The van der Waals surface area contributed by atoms with E-state index in [4.69, 9.17) is 0 Å². The van der Waals surface area contributed by atoms with E-state index in [0.717, 1.165) is 24.2 Å². The second-order valence-corrected chi connectivity index (χ2v) is 3.88. The van der Waals surface area contributed by atoms with Gasteiger partial charge in [0.1, 0.15) is 0 Å². The molecule has 0 unspecified atom stereocenters. The smallest absolute Gasteiger partial charge is 0.0920 e. The minimum absolute atomic E-state index is 1.07. The van der Waals surface area contributed by atoms with Gasteiger partial charge < -0.3 is 0 Å². The maximum atomic E-state index is 4.46. The molecule has 0 saturated heterocycles. The van der Waals surface area contributed by atoms with Crippen molar-refractivity contribution in [2.75, 3.05) is 0 Å². The second-order valence-electron chi connectivity index (χ2n) is 3.88. The molecule has 0 saturated carbocycles. The lowest BCUT2D eigenvalue weighted by Crippen LogP contribution is -1.93. The van der Waals surface area contributed by atoms with E-state index in [9.17, 15) is 0 Å². The largest absolute Gasteiger partial charge is 0.254 e. The van der Waals surface area contributed by atoms with Crippen LogP contribution >= 0.6 is 0 Å². The first-order valence-electron chi connectivity index (χ1n) is 6.33. The first kappa shape index (κ1) is 11.8. The van der Waals surface area contributed by atoms with Crippen LogP contribution in [0.1, 0.15) is 31.4 Å². The van der Waals surface area contributed by atoms with Crippen molar-refractivity contribution < 1.29 is 0 Å². The molecule has 0 N–H and O–H groups in total. The van der Waals surface area contributed by atoms with Gasteiger partial charge >= 0.3 is 0 Å². The third-order valence-corrected chi connectivity index (χ3v) is 2.90. The Morgan fingerprint density at radius 2 is 1.29 bits per heavy atom. The molecule has 0 fully saturated rings. The normalized spacial score (nSPS) is 12.6. The molecule has 2 aromatic heterocycles. The van der Waals surface area contributed by atoms with E-state index in [2.05, 4.69) is 22.1 Å². The minimum Gasteiger partial charge on any atom is -0.254 e. The van der Waals surface area contributed by atoms with Gasteiger partial charge in [0.05, 0.1) is 11.4 Å². The topological polar surface area (TPSA) is 25.8 Å². The van der Waals surface area contributed by atoms with Gasteiger partial charge in [-0.1, -0.05) is 26.0 Å². The van der Waals surface area contributed by atoms with Crippen LogP contribution in [-0.4, -0.2) is 9.97 Å². The van der Waals surface area contributed by atoms with Crippen LogP contribution in [0.3, 0.4) is 0 Å². The van der Waals surface area contributed by atoms with Gasteiger partial charge in [-0.15, -0.1) is 0 Å². The summed E-state index contributed by atoms with van der Waals surface area (Å²) in [5.74, 6) is 0. The summed E-state index contributed by atoms with van der Waals surface area (Å²) in [7, 11) is 0. The van der Waals surface area contributed by atoms with Crippen molar-refractivity contribution in [3.8, 4) is 11.4 Å². The molecule has 2 aromatic rings. The Bertz CT molecular complexity index is 446. The number of hydrogen-bond acceptors (Lipinski definition) is 2. The number of aromatic nitrogens is 2. The highest BCUT2D eigenvalue weighted by Crippen LogP contribution is 2.28. The number of fused-ring (bicyclic) bond motifs is 3. The van der Waals surface area contributed by atoms with Crippen LogP contribution in [0.4, 0.5) is 0 Å². The Morgan fingerprint density at radius 3 is 1.76 bits per heavy atom. The Morgan fingerprint density at radius 1 is 0.824 bits per heavy atom. The fourth-order valence-electron chi connectivity index (χ4n) is 2.18. The molecule has 2 nitrogen and oxygen atoms in total. The highest BCUT2D eigenvalue weighted by molar-refractivity contribution is 5.63. The first-order chi connectivity index (χ1) is 8.45. The zero-order chi connectivity index (χ0) is 12.1. The lowest BCUT2D eigenvalue weighted by molar-refractivity contribution is 0.832. The molecule has 0 spiro atoms. The Labute approximate surface area is 103 Å². The van der Waals surface area contributed by atoms with Crippen LogP contribution in [0.15, 0.2) is 36.7 Å². The van der Waals surface area contributed by atoms with Crippen molar-refractivity contribution in [1.82, 2.24) is 9.97 Å². The molecule has 2 heteroatoms. The molecular weight excluding hydrogens is 208 g/mol. The summed E-state index contributed by atoms with van der Waals surface area (Å²) >= 11 is 0. The zero-order valence-corrected chi connectivity index (χ0v) is 10.5. The Balaban J connectivity index is 0.000000514. The average molecular weight is 226 g/mol. The van der Waals surface area contributed by atoms with Crippen LogP contribution in [0.2, 0.25) is 0 Å². The lowest BCUT2D eigenvalue weighted by atomic mass is 10.1. The van der Waals surface area contributed by atoms with E-state index in [1.165, 1.54) is 17.5 Å². The summed E-state index contributed by atoms with van der Waals surface area (Å²) in [6.45, 7) is 4.00. The van der Waals surface area contributed by atoms with E-state index < -0.39 is 0 Å². The van der Waals surface area contributed by atoms with Crippen molar-refractivity contribution in [3.05, 3.63) is 47.8 Å². The van der Waals surface area contributed by atoms with E-state index in [0.29, 0.717) is 0 Å². The van der Waals surface area contributed by atoms with Gasteiger partial charge in [0.2, 0.25) is 0 Å². The van der Waals surface area contributed by atoms with Crippen LogP contribution in [0, 0.1) is 0 Å². The third-order valence-electron chi connectivity index (χ3n) is 2.90. The van der Waals surface area contributed by atoms with Gasteiger partial charge in [0.25, 0.3) is 0 Å². The number of nitrogens with zero attached hydrogens (tertiary/aromatic N) is 2. The molecule has 0 atom stereocenters. The summed E-state index contributed by atoms with van der Waals surface area (Å²) in [6.07, 6.45) is 7.11. The van der Waals surface area contributed by atoms with E-state index in [1.807, 2.05) is 38.4 Å². The molecule has 1 aliphatic rings. The molecule has 17 heavy (non-hydrogen) atoms. The monoisotopic (exact) mass is 226 g/mol.